The summed E-state index contributed by atoms with van der Waals surface area (Å²) >= 11 is 0. The van der Waals surface area contributed by atoms with E-state index in [1.807, 2.05) is 6.92 Å². The zero-order valence-electron chi connectivity index (χ0n) is 12.4. The molecule has 6 heteroatoms. The molecule has 0 aliphatic carbocycles. The van der Waals surface area contributed by atoms with Gasteiger partial charge in [-0.2, -0.15) is 5.26 Å². The third kappa shape index (κ3) is 2.79. The molecule has 0 aromatic heterocycles. The molecule has 4 nitrogen and oxygen atoms in total. The van der Waals surface area contributed by atoms with Crippen LogP contribution in [0.5, 0.6) is 0 Å². The molecule has 2 fully saturated rings. The topological polar surface area (TPSA) is 45.5 Å². The van der Waals surface area contributed by atoms with E-state index in [0.717, 1.165) is 12.1 Å². The Morgan fingerprint density at radius 1 is 1.27 bits per heavy atom. The molecule has 0 N–H and O–H groups in total. The Morgan fingerprint density at radius 2 is 1.91 bits per heavy atom. The van der Waals surface area contributed by atoms with Crippen molar-refractivity contribution in [2.75, 3.05) is 31.2 Å². The third-order valence-corrected chi connectivity index (χ3v) is 4.27. The molecular weight excluding hydrogens is 290 g/mol. The van der Waals surface area contributed by atoms with Crippen LogP contribution in [-0.4, -0.2) is 38.0 Å². The number of hydrogen-bond donors (Lipinski definition) is 0. The van der Waals surface area contributed by atoms with E-state index in [1.165, 1.54) is 0 Å². The minimum atomic E-state index is -0.701. The second-order valence-electron chi connectivity index (χ2n) is 6.00. The van der Waals surface area contributed by atoms with Crippen molar-refractivity contribution in [1.82, 2.24) is 0 Å². The quantitative estimate of drug-likeness (QED) is 0.800. The molecule has 2 aliphatic heterocycles. The van der Waals surface area contributed by atoms with Gasteiger partial charge >= 0.3 is 0 Å². The minimum absolute atomic E-state index is 0.0131. The Hall–Kier alpha value is -1.71. The number of nitrogens with zero attached hydrogens (tertiary/aromatic N) is 2. The molecule has 3 rings (SSSR count). The summed E-state index contributed by atoms with van der Waals surface area (Å²) < 4.78 is 40.0. The second kappa shape index (κ2) is 5.82. The van der Waals surface area contributed by atoms with Gasteiger partial charge in [0, 0.05) is 39.1 Å². The lowest BCUT2D eigenvalue weighted by Gasteiger charge is -2.48. The fraction of sp³-hybridized carbons (Fsp3) is 0.562. The van der Waals surface area contributed by atoms with Crippen LogP contribution in [0.25, 0.3) is 0 Å². The van der Waals surface area contributed by atoms with Crippen LogP contribution >= 0.6 is 0 Å². The minimum Gasteiger partial charge on any atom is -0.381 e. The molecule has 2 aliphatic rings. The highest BCUT2D eigenvalue weighted by Crippen LogP contribution is 2.35. The summed E-state index contributed by atoms with van der Waals surface area (Å²) in [5.41, 5.74) is -0.497. The second-order valence-corrected chi connectivity index (χ2v) is 6.00. The largest absolute Gasteiger partial charge is 0.381 e. The van der Waals surface area contributed by atoms with Gasteiger partial charge in [-0.15, -0.1) is 0 Å². The number of benzene rings is 1. The average molecular weight is 308 g/mol. The van der Waals surface area contributed by atoms with Crippen molar-refractivity contribution < 1.29 is 18.3 Å². The van der Waals surface area contributed by atoms with Crippen LogP contribution in [0.15, 0.2) is 12.1 Å². The smallest absolute Gasteiger partial charge is 0.150 e. The first kappa shape index (κ1) is 15.2. The van der Waals surface area contributed by atoms with Gasteiger partial charge in [0.1, 0.15) is 5.69 Å². The highest BCUT2D eigenvalue weighted by molar-refractivity contribution is 5.53. The van der Waals surface area contributed by atoms with Crippen molar-refractivity contribution in [3.63, 3.8) is 0 Å². The Kier molecular flexibility index (Phi) is 4.02. The lowest BCUT2D eigenvalue weighted by molar-refractivity contribution is -0.145. The van der Waals surface area contributed by atoms with Crippen LogP contribution in [0, 0.1) is 23.0 Å². The van der Waals surface area contributed by atoms with Crippen molar-refractivity contribution in [3.05, 3.63) is 29.3 Å². The van der Waals surface area contributed by atoms with Gasteiger partial charge in [-0.1, -0.05) is 0 Å². The van der Waals surface area contributed by atoms with Crippen LogP contribution in [0.1, 0.15) is 25.3 Å². The third-order valence-electron chi connectivity index (χ3n) is 4.27. The van der Waals surface area contributed by atoms with E-state index in [0.29, 0.717) is 39.1 Å². The van der Waals surface area contributed by atoms with Gasteiger partial charge in [0.25, 0.3) is 0 Å². The standard InChI is InChI=1S/C16H18F2N2O2/c1-11-9-20(10-16(22-11)2-4-21-5-3-16)15-13(17)6-12(8-19)7-14(15)18/h6-7,11H,2-5,9-10H2,1H3. The Morgan fingerprint density at radius 3 is 2.50 bits per heavy atom. The van der Waals surface area contributed by atoms with Gasteiger partial charge in [-0.25, -0.2) is 8.78 Å². The van der Waals surface area contributed by atoms with Crippen LogP contribution in [-0.2, 0) is 9.47 Å². The van der Waals surface area contributed by atoms with Crippen molar-refractivity contribution >= 4 is 5.69 Å². The first-order chi connectivity index (χ1) is 10.5. The fourth-order valence-electron chi connectivity index (χ4n) is 3.35. The molecule has 2 saturated heterocycles. The number of morpholine rings is 1. The van der Waals surface area contributed by atoms with Crippen molar-refractivity contribution in [2.24, 2.45) is 0 Å². The maximum Gasteiger partial charge on any atom is 0.150 e. The Labute approximate surface area is 128 Å². The van der Waals surface area contributed by atoms with Crippen molar-refractivity contribution in [3.8, 4) is 6.07 Å². The maximum absolute atomic E-state index is 14.3. The summed E-state index contributed by atoms with van der Waals surface area (Å²) in [7, 11) is 0. The molecule has 118 valence electrons. The number of anilines is 1. The van der Waals surface area contributed by atoms with Gasteiger partial charge in [0.15, 0.2) is 11.6 Å². The van der Waals surface area contributed by atoms with Gasteiger partial charge < -0.3 is 14.4 Å². The highest BCUT2D eigenvalue weighted by Gasteiger charge is 2.42. The monoisotopic (exact) mass is 308 g/mol. The predicted octanol–water partition coefficient (Wildman–Crippen LogP) is 2.61. The molecule has 1 spiro atoms. The van der Waals surface area contributed by atoms with E-state index >= 15 is 0 Å². The van der Waals surface area contributed by atoms with E-state index < -0.39 is 17.2 Å². The van der Waals surface area contributed by atoms with Crippen LogP contribution < -0.4 is 4.90 Å². The molecule has 1 aromatic rings. The van der Waals surface area contributed by atoms with E-state index in [1.54, 1.807) is 11.0 Å². The zero-order valence-corrected chi connectivity index (χ0v) is 12.4. The van der Waals surface area contributed by atoms with Gasteiger partial charge in [0.2, 0.25) is 0 Å². The molecule has 1 unspecified atom stereocenters. The molecule has 2 heterocycles. The predicted molar refractivity (Wildman–Crippen MR) is 76.6 cm³/mol. The van der Waals surface area contributed by atoms with Crippen molar-refractivity contribution in [1.29, 1.82) is 5.26 Å². The van der Waals surface area contributed by atoms with Crippen LogP contribution in [0.4, 0.5) is 14.5 Å². The van der Waals surface area contributed by atoms with E-state index in [-0.39, 0.29) is 17.4 Å². The van der Waals surface area contributed by atoms with Gasteiger partial charge in [-0.3, -0.25) is 0 Å². The first-order valence-corrected chi connectivity index (χ1v) is 7.43. The van der Waals surface area contributed by atoms with E-state index in [9.17, 15) is 8.78 Å². The number of rotatable bonds is 1. The first-order valence-electron chi connectivity index (χ1n) is 7.43. The number of halogens is 2. The molecule has 22 heavy (non-hydrogen) atoms. The maximum atomic E-state index is 14.3. The average Bonchev–Trinajstić information content (AvgIpc) is 2.46. The molecule has 0 saturated carbocycles. The number of ether oxygens (including phenoxy) is 2. The Bertz CT molecular complexity index is 586. The van der Waals surface area contributed by atoms with Crippen LogP contribution in [0.3, 0.4) is 0 Å². The van der Waals surface area contributed by atoms with E-state index in [2.05, 4.69) is 0 Å². The summed E-state index contributed by atoms with van der Waals surface area (Å²) in [4.78, 5) is 1.70. The SMILES string of the molecule is CC1CN(c2c(F)cc(C#N)cc2F)CC2(CCOCC2)O1. The molecule has 0 bridgehead atoms. The fourth-order valence-corrected chi connectivity index (χ4v) is 3.35. The highest BCUT2D eigenvalue weighted by atomic mass is 19.1. The number of hydrogen-bond acceptors (Lipinski definition) is 4. The van der Waals surface area contributed by atoms with Crippen LogP contribution in [0.2, 0.25) is 0 Å². The number of nitriles is 1. The summed E-state index contributed by atoms with van der Waals surface area (Å²) in [6.45, 7) is 3.95. The van der Waals surface area contributed by atoms with Gasteiger partial charge in [-0.05, 0) is 19.1 Å². The molecule has 1 atom stereocenters. The van der Waals surface area contributed by atoms with Gasteiger partial charge in [0.05, 0.1) is 23.3 Å². The lowest BCUT2D eigenvalue weighted by atomic mass is 9.91. The summed E-state index contributed by atoms with van der Waals surface area (Å²) in [6.07, 6.45) is 1.31. The summed E-state index contributed by atoms with van der Waals surface area (Å²) in [5.74, 6) is -1.40. The summed E-state index contributed by atoms with van der Waals surface area (Å²) in [5, 5.41) is 8.80. The Balaban J connectivity index is 1.92. The lowest BCUT2D eigenvalue weighted by Crippen LogP contribution is -2.57. The molecule has 0 amide bonds. The zero-order chi connectivity index (χ0) is 15.7. The van der Waals surface area contributed by atoms with E-state index in [4.69, 9.17) is 14.7 Å². The normalized spacial score (nSPS) is 24.3. The van der Waals surface area contributed by atoms with Crippen molar-refractivity contribution in [2.45, 2.75) is 31.5 Å². The summed E-state index contributed by atoms with van der Waals surface area (Å²) in [6, 6.07) is 3.92. The molecular formula is C16H18F2N2O2. The molecule has 1 aromatic carbocycles. The molecule has 0 radical (unpaired) electrons.